The highest BCUT2D eigenvalue weighted by Gasteiger charge is 2.20. The van der Waals surface area contributed by atoms with E-state index in [9.17, 15) is 4.79 Å². The molecule has 4 nitrogen and oxygen atoms in total. The minimum Gasteiger partial charge on any atom is -0.480 e. The number of carboxylic acid groups (broad SMARTS) is 1. The molecule has 1 atom stereocenters. The molecule has 1 aromatic carbocycles. The standard InChI is InChI=1S/C13H17ClN2O2/c14-10-3-5-12(6-4-10)16-7-1-2-11(9-16)15-8-13(17)18/h3-6,11,15H,1-2,7-9H2,(H,17,18). The average Bonchev–Trinajstić information content (AvgIpc) is 2.37. The van der Waals surface area contributed by atoms with Crippen LogP contribution in [0.25, 0.3) is 0 Å². The van der Waals surface area contributed by atoms with Crippen molar-refractivity contribution in [1.29, 1.82) is 0 Å². The summed E-state index contributed by atoms with van der Waals surface area (Å²) in [6, 6.07) is 8.01. The second-order valence-electron chi connectivity index (χ2n) is 4.54. The Morgan fingerprint density at radius 2 is 2.17 bits per heavy atom. The smallest absolute Gasteiger partial charge is 0.317 e. The number of carboxylic acids is 1. The molecule has 0 bridgehead atoms. The number of aliphatic carboxylic acids is 1. The molecule has 0 radical (unpaired) electrons. The van der Waals surface area contributed by atoms with Gasteiger partial charge < -0.3 is 15.3 Å². The van der Waals surface area contributed by atoms with Crippen LogP contribution in [0.2, 0.25) is 5.02 Å². The summed E-state index contributed by atoms with van der Waals surface area (Å²) in [5, 5.41) is 12.5. The minimum absolute atomic E-state index is 0.0269. The van der Waals surface area contributed by atoms with E-state index in [1.807, 2.05) is 24.3 Å². The fourth-order valence-electron chi connectivity index (χ4n) is 2.26. The molecular weight excluding hydrogens is 252 g/mol. The van der Waals surface area contributed by atoms with E-state index in [0.717, 1.165) is 36.6 Å². The molecule has 2 rings (SSSR count). The highest BCUT2D eigenvalue weighted by molar-refractivity contribution is 6.30. The van der Waals surface area contributed by atoms with Crippen LogP contribution >= 0.6 is 11.6 Å². The van der Waals surface area contributed by atoms with Crippen molar-refractivity contribution in [2.24, 2.45) is 0 Å². The topological polar surface area (TPSA) is 52.6 Å². The monoisotopic (exact) mass is 268 g/mol. The van der Waals surface area contributed by atoms with Gasteiger partial charge in [-0.25, -0.2) is 0 Å². The van der Waals surface area contributed by atoms with Crippen LogP contribution in [0.15, 0.2) is 24.3 Å². The normalized spacial score (nSPS) is 19.8. The molecule has 1 saturated heterocycles. The lowest BCUT2D eigenvalue weighted by atomic mass is 10.0. The van der Waals surface area contributed by atoms with Crippen molar-refractivity contribution >= 4 is 23.3 Å². The van der Waals surface area contributed by atoms with E-state index in [4.69, 9.17) is 16.7 Å². The van der Waals surface area contributed by atoms with Crippen LogP contribution in [0.4, 0.5) is 5.69 Å². The summed E-state index contributed by atoms with van der Waals surface area (Å²) < 4.78 is 0. The lowest BCUT2D eigenvalue weighted by molar-refractivity contribution is -0.136. The van der Waals surface area contributed by atoms with Crippen LogP contribution in [-0.4, -0.2) is 36.8 Å². The number of halogens is 1. The zero-order chi connectivity index (χ0) is 13.0. The summed E-state index contributed by atoms with van der Waals surface area (Å²) in [5.74, 6) is -0.807. The zero-order valence-electron chi connectivity index (χ0n) is 10.1. The number of carbonyl (C=O) groups is 1. The number of anilines is 1. The number of rotatable bonds is 4. The van der Waals surface area contributed by atoms with Crippen molar-refractivity contribution in [3.8, 4) is 0 Å². The highest BCUT2D eigenvalue weighted by atomic mass is 35.5. The largest absolute Gasteiger partial charge is 0.480 e. The first-order chi connectivity index (χ1) is 8.65. The molecule has 1 aliphatic rings. The Labute approximate surface area is 112 Å². The lowest BCUT2D eigenvalue weighted by Gasteiger charge is -2.34. The van der Waals surface area contributed by atoms with Crippen LogP contribution in [0.3, 0.4) is 0 Å². The third kappa shape index (κ3) is 3.62. The maximum atomic E-state index is 10.5. The van der Waals surface area contributed by atoms with Crippen LogP contribution in [0, 0.1) is 0 Å². The molecule has 0 spiro atoms. The Kier molecular flexibility index (Phi) is 4.44. The summed E-state index contributed by atoms with van der Waals surface area (Å²) in [6.45, 7) is 1.88. The van der Waals surface area contributed by atoms with Crippen LogP contribution in [0.1, 0.15) is 12.8 Å². The summed E-state index contributed by atoms with van der Waals surface area (Å²) >= 11 is 5.87. The van der Waals surface area contributed by atoms with E-state index in [2.05, 4.69) is 10.2 Å². The molecule has 0 amide bonds. The Hall–Kier alpha value is -1.26. The highest BCUT2D eigenvalue weighted by Crippen LogP contribution is 2.21. The molecule has 1 fully saturated rings. The Morgan fingerprint density at radius 1 is 1.44 bits per heavy atom. The van der Waals surface area contributed by atoms with Gasteiger partial charge in [-0.2, -0.15) is 0 Å². The van der Waals surface area contributed by atoms with E-state index >= 15 is 0 Å². The second-order valence-corrected chi connectivity index (χ2v) is 4.97. The van der Waals surface area contributed by atoms with Crippen molar-refractivity contribution < 1.29 is 9.90 Å². The Balaban J connectivity index is 1.93. The predicted molar refractivity (Wildman–Crippen MR) is 72.3 cm³/mol. The van der Waals surface area contributed by atoms with Gasteiger partial charge in [0.25, 0.3) is 0 Å². The van der Waals surface area contributed by atoms with E-state index in [1.165, 1.54) is 0 Å². The zero-order valence-corrected chi connectivity index (χ0v) is 10.9. The second kappa shape index (κ2) is 6.07. The van der Waals surface area contributed by atoms with Crippen LogP contribution in [-0.2, 0) is 4.79 Å². The molecule has 2 N–H and O–H groups in total. The van der Waals surface area contributed by atoms with Crippen molar-refractivity contribution in [3.05, 3.63) is 29.3 Å². The minimum atomic E-state index is -0.807. The molecule has 0 aliphatic carbocycles. The Bertz CT molecular complexity index is 408. The van der Waals surface area contributed by atoms with E-state index in [-0.39, 0.29) is 12.6 Å². The number of nitrogens with zero attached hydrogens (tertiary/aromatic N) is 1. The van der Waals surface area contributed by atoms with Gasteiger partial charge in [0.2, 0.25) is 0 Å². The fraction of sp³-hybridized carbons (Fsp3) is 0.462. The lowest BCUT2D eigenvalue weighted by Crippen LogP contribution is -2.47. The number of hydrogen-bond acceptors (Lipinski definition) is 3. The van der Waals surface area contributed by atoms with Gasteiger partial charge in [0.1, 0.15) is 0 Å². The summed E-state index contributed by atoms with van der Waals surface area (Å²) in [4.78, 5) is 12.8. The van der Waals surface area contributed by atoms with Gasteiger partial charge in [-0.1, -0.05) is 11.6 Å². The molecule has 18 heavy (non-hydrogen) atoms. The fourth-order valence-corrected chi connectivity index (χ4v) is 2.39. The van der Waals surface area contributed by atoms with Gasteiger partial charge in [-0.15, -0.1) is 0 Å². The van der Waals surface area contributed by atoms with Crippen molar-refractivity contribution in [2.45, 2.75) is 18.9 Å². The molecule has 1 unspecified atom stereocenters. The number of piperidine rings is 1. The summed E-state index contributed by atoms with van der Waals surface area (Å²) in [7, 11) is 0. The maximum absolute atomic E-state index is 10.5. The van der Waals surface area contributed by atoms with Crippen LogP contribution in [0.5, 0.6) is 0 Å². The molecule has 1 aromatic rings. The quantitative estimate of drug-likeness (QED) is 0.877. The van der Waals surface area contributed by atoms with Crippen molar-refractivity contribution in [2.75, 3.05) is 24.5 Å². The molecular formula is C13H17ClN2O2. The molecule has 0 aromatic heterocycles. The van der Waals surface area contributed by atoms with Gasteiger partial charge in [-0.05, 0) is 37.1 Å². The van der Waals surface area contributed by atoms with E-state index in [1.54, 1.807) is 0 Å². The number of hydrogen-bond donors (Lipinski definition) is 2. The van der Waals surface area contributed by atoms with E-state index < -0.39 is 5.97 Å². The third-order valence-corrected chi connectivity index (χ3v) is 3.41. The summed E-state index contributed by atoms with van der Waals surface area (Å²) in [5.41, 5.74) is 1.14. The first-order valence-electron chi connectivity index (χ1n) is 6.11. The summed E-state index contributed by atoms with van der Waals surface area (Å²) in [6.07, 6.45) is 2.09. The molecule has 5 heteroatoms. The average molecular weight is 269 g/mol. The maximum Gasteiger partial charge on any atom is 0.317 e. The van der Waals surface area contributed by atoms with Crippen molar-refractivity contribution in [3.63, 3.8) is 0 Å². The van der Waals surface area contributed by atoms with Crippen LogP contribution < -0.4 is 10.2 Å². The van der Waals surface area contributed by atoms with Gasteiger partial charge in [-0.3, -0.25) is 4.79 Å². The predicted octanol–water partition coefficient (Wildman–Crippen LogP) is 1.98. The Morgan fingerprint density at radius 3 is 2.83 bits per heavy atom. The van der Waals surface area contributed by atoms with E-state index in [0.29, 0.717) is 0 Å². The molecule has 98 valence electrons. The number of nitrogens with one attached hydrogen (secondary N) is 1. The van der Waals surface area contributed by atoms with Gasteiger partial charge in [0.05, 0.1) is 6.54 Å². The van der Waals surface area contributed by atoms with Gasteiger partial charge >= 0.3 is 5.97 Å². The molecule has 1 heterocycles. The first-order valence-corrected chi connectivity index (χ1v) is 6.48. The number of benzene rings is 1. The van der Waals surface area contributed by atoms with Gasteiger partial charge in [0, 0.05) is 29.8 Å². The molecule has 1 aliphatic heterocycles. The van der Waals surface area contributed by atoms with Crippen molar-refractivity contribution in [1.82, 2.24) is 5.32 Å². The van der Waals surface area contributed by atoms with Gasteiger partial charge in [0.15, 0.2) is 0 Å². The molecule has 0 saturated carbocycles. The third-order valence-electron chi connectivity index (χ3n) is 3.16. The first kappa shape index (κ1) is 13.2. The SMILES string of the molecule is O=C(O)CNC1CCCN(c2ccc(Cl)cc2)C1.